The minimum atomic E-state index is 0.281. The largest absolute Gasteiger partial charge is 0.329 e. The molecule has 94 valence electrons. The molecule has 1 atom stereocenters. The predicted octanol–water partition coefficient (Wildman–Crippen LogP) is 1.52. The van der Waals surface area contributed by atoms with Crippen LogP contribution in [0.5, 0.6) is 0 Å². The van der Waals surface area contributed by atoms with Crippen LogP contribution in [0.1, 0.15) is 37.2 Å². The molecule has 0 bridgehead atoms. The van der Waals surface area contributed by atoms with Gasteiger partial charge < -0.3 is 5.73 Å². The van der Waals surface area contributed by atoms with Crippen LogP contribution >= 0.6 is 0 Å². The number of likely N-dealkylation sites (tertiary alicyclic amines) is 1. The number of nitrogens with two attached hydrogens (primary N) is 1. The summed E-state index contributed by atoms with van der Waals surface area (Å²) >= 11 is 0. The van der Waals surface area contributed by atoms with E-state index in [-0.39, 0.29) is 6.04 Å². The lowest BCUT2D eigenvalue weighted by Crippen LogP contribution is -2.39. The van der Waals surface area contributed by atoms with Crippen molar-refractivity contribution in [3.63, 3.8) is 0 Å². The third-order valence-electron chi connectivity index (χ3n) is 3.67. The number of piperidine rings is 1. The van der Waals surface area contributed by atoms with E-state index in [1.165, 1.54) is 12.8 Å². The first-order valence-electron chi connectivity index (χ1n) is 6.43. The smallest absolute Gasteiger partial charge is 0.125 e. The van der Waals surface area contributed by atoms with E-state index in [2.05, 4.69) is 21.8 Å². The van der Waals surface area contributed by atoms with Gasteiger partial charge in [-0.15, -0.1) is 0 Å². The molecule has 0 amide bonds. The Morgan fingerprint density at radius 2 is 1.94 bits per heavy atom. The van der Waals surface area contributed by atoms with E-state index in [1.54, 1.807) is 0 Å². The van der Waals surface area contributed by atoms with Crippen molar-refractivity contribution in [1.82, 2.24) is 14.9 Å². The van der Waals surface area contributed by atoms with E-state index in [0.717, 1.165) is 30.4 Å². The van der Waals surface area contributed by atoms with Crippen molar-refractivity contribution in [2.75, 3.05) is 19.6 Å². The summed E-state index contributed by atoms with van der Waals surface area (Å²) in [4.78, 5) is 11.0. The molecule has 1 fully saturated rings. The second-order valence-corrected chi connectivity index (χ2v) is 5.03. The molecule has 1 aliphatic heterocycles. The van der Waals surface area contributed by atoms with Gasteiger partial charge in [0, 0.05) is 24.5 Å². The summed E-state index contributed by atoms with van der Waals surface area (Å²) in [5, 5.41) is 0. The van der Waals surface area contributed by atoms with Gasteiger partial charge in [0.1, 0.15) is 5.82 Å². The highest BCUT2D eigenvalue weighted by Crippen LogP contribution is 2.25. The Morgan fingerprint density at radius 1 is 1.35 bits per heavy atom. The van der Waals surface area contributed by atoms with E-state index >= 15 is 0 Å². The van der Waals surface area contributed by atoms with Crippen LogP contribution in [0.3, 0.4) is 0 Å². The second-order valence-electron chi connectivity index (χ2n) is 5.03. The van der Waals surface area contributed by atoms with Gasteiger partial charge in [0.15, 0.2) is 0 Å². The molecule has 17 heavy (non-hydrogen) atoms. The van der Waals surface area contributed by atoms with Crippen molar-refractivity contribution >= 4 is 0 Å². The van der Waals surface area contributed by atoms with Gasteiger partial charge in [0.25, 0.3) is 0 Å². The van der Waals surface area contributed by atoms with Crippen molar-refractivity contribution in [1.29, 1.82) is 0 Å². The van der Waals surface area contributed by atoms with E-state index in [1.807, 2.05) is 19.3 Å². The van der Waals surface area contributed by atoms with Gasteiger partial charge in [-0.3, -0.25) is 4.90 Å². The summed E-state index contributed by atoms with van der Waals surface area (Å²) < 4.78 is 0. The molecule has 2 heterocycles. The van der Waals surface area contributed by atoms with E-state index in [9.17, 15) is 0 Å². The standard InChI is InChI=1S/C13H22N4/c1-10-3-5-17(6-4-10)13(7-14)12-8-15-11(2)16-9-12/h8-10,13H,3-7,14H2,1-2H3. The monoisotopic (exact) mass is 234 g/mol. The lowest BCUT2D eigenvalue weighted by molar-refractivity contribution is 0.141. The quantitative estimate of drug-likeness (QED) is 0.861. The zero-order chi connectivity index (χ0) is 12.3. The third-order valence-corrected chi connectivity index (χ3v) is 3.67. The average molecular weight is 234 g/mol. The number of rotatable bonds is 3. The zero-order valence-electron chi connectivity index (χ0n) is 10.8. The van der Waals surface area contributed by atoms with Crippen LogP contribution in [0.2, 0.25) is 0 Å². The van der Waals surface area contributed by atoms with Gasteiger partial charge in [-0.1, -0.05) is 6.92 Å². The van der Waals surface area contributed by atoms with Crippen molar-refractivity contribution < 1.29 is 0 Å². The second kappa shape index (κ2) is 5.56. The number of nitrogens with zero attached hydrogens (tertiary/aromatic N) is 3. The highest BCUT2D eigenvalue weighted by molar-refractivity contribution is 5.12. The highest BCUT2D eigenvalue weighted by atomic mass is 15.2. The minimum absolute atomic E-state index is 0.281. The van der Waals surface area contributed by atoms with Gasteiger partial charge in [-0.25, -0.2) is 9.97 Å². The van der Waals surface area contributed by atoms with Crippen LogP contribution in [-0.2, 0) is 0 Å². The first kappa shape index (κ1) is 12.5. The summed E-state index contributed by atoms with van der Waals surface area (Å²) in [6.45, 7) is 7.14. The topological polar surface area (TPSA) is 55.0 Å². The third kappa shape index (κ3) is 3.01. The summed E-state index contributed by atoms with van der Waals surface area (Å²) in [6.07, 6.45) is 6.36. The van der Waals surface area contributed by atoms with Crippen LogP contribution in [0, 0.1) is 12.8 Å². The van der Waals surface area contributed by atoms with Gasteiger partial charge in [-0.2, -0.15) is 0 Å². The van der Waals surface area contributed by atoms with E-state index in [0.29, 0.717) is 6.54 Å². The SMILES string of the molecule is Cc1ncc(C(CN)N2CCC(C)CC2)cn1. The first-order valence-corrected chi connectivity index (χ1v) is 6.43. The molecule has 1 aromatic rings. The summed E-state index contributed by atoms with van der Waals surface area (Å²) in [6, 6.07) is 0.281. The molecule has 0 saturated carbocycles. The van der Waals surface area contributed by atoms with Crippen LogP contribution < -0.4 is 5.73 Å². The number of aromatic nitrogens is 2. The maximum Gasteiger partial charge on any atom is 0.125 e. The van der Waals surface area contributed by atoms with Crippen LogP contribution in [0.15, 0.2) is 12.4 Å². The van der Waals surface area contributed by atoms with Gasteiger partial charge in [0.05, 0.1) is 6.04 Å². The Hall–Kier alpha value is -1.00. The lowest BCUT2D eigenvalue weighted by atomic mass is 9.96. The van der Waals surface area contributed by atoms with Crippen LogP contribution in [0.4, 0.5) is 0 Å². The molecule has 2 N–H and O–H groups in total. The molecule has 2 rings (SSSR count). The fourth-order valence-electron chi connectivity index (χ4n) is 2.41. The van der Waals surface area contributed by atoms with Gasteiger partial charge in [-0.05, 0) is 38.8 Å². The van der Waals surface area contributed by atoms with Crippen LogP contribution in [0.25, 0.3) is 0 Å². The van der Waals surface area contributed by atoms with Crippen molar-refractivity contribution in [3.05, 3.63) is 23.8 Å². The summed E-state index contributed by atoms with van der Waals surface area (Å²) in [5.41, 5.74) is 7.06. The van der Waals surface area contributed by atoms with Crippen molar-refractivity contribution in [2.24, 2.45) is 11.7 Å². The Labute approximate surface area is 103 Å². The normalized spacial score (nSPS) is 20.4. The van der Waals surface area contributed by atoms with Gasteiger partial charge in [0.2, 0.25) is 0 Å². The van der Waals surface area contributed by atoms with E-state index in [4.69, 9.17) is 5.73 Å². The average Bonchev–Trinajstić information content (AvgIpc) is 2.35. The number of hydrogen-bond acceptors (Lipinski definition) is 4. The van der Waals surface area contributed by atoms with Crippen LogP contribution in [-0.4, -0.2) is 34.5 Å². The van der Waals surface area contributed by atoms with E-state index < -0.39 is 0 Å². The zero-order valence-corrected chi connectivity index (χ0v) is 10.8. The number of aryl methyl sites for hydroxylation is 1. The molecule has 1 aliphatic rings. The molecule has 0 aromatic carbocycles. The Kier molecular flexibility index (Phi) is 4.07. The summed E-state index contributed by atoms with van der Waals surface area (Å²) in [5.74, 6) is 1.66. The van der Waals surface area contributed by atoms with Gasteiger partial charge >= 0.3 is 0 Å². The molecular formula is C13H22N4. The molecule has 1 aromatic heterocycles. The first-order chi connectivity index (χ1) is 8.20. The van der Waals surface area contributed by atoms with Crippen molar-refractivity contribution in [3.8, 4) is 0 Å². The molecule has 1 saturated heterocycles. The Morgan fingerprint density at radius 3 is 2.47 bits per heavy atom. The molecular weight excluding hydrogens is 212 g/mol. The summed E-state index contributed by atoms with van der Waals surface area (Å²) in [7, 11) is 0. The molecule has 0 aliphatic carbocycles. The number of hydrogen-bond donors (Lipinski definition) is 1. The van der Waals surface area contributed by atoms with Crippen molar-refractivity contribution in [2.45, 2.75) is 32.7 Å². The molecule has 0 radical (unpaired) electrons. The Bertz CT molecular complexity index is 341. The molecule has 0 spiro atoms. The lowest BCUT2D eigenvalue weighted by Gasteiger charge is -2.36. The Balaban J connectivity index is 2.08. The fourth-order valence-corrected chi connectivity index (χ4v) is 2.41. The predicted molar refractivity (Wildman–Crippen MR) is 68.5 cm³/mol. The molecule has 4 nitrogen and oxygen atoms in total. The maximum absolute atomic E-state index is 5.91. The minimum Gasteiger partial charge on any atom is -0.329 e. The fraction of sp³-hybridized carbons (Fsp3) is 0.692. The maximum atomic E-state index is 5.91. The highest BCUT2D eigenvalue weighted by Gasteiger charge is 2.23. The molecule has 4 heteroatoms. The molecule has 1 unspecified atom stereocenters.